The van der Waals surface area contributed by atoms with Crippen molar-refractivity contribution in [2.75, 3.05) is 18.0 Å². The SMILES string of the molecule is CCNC(=O)CCN1C(=O)C(=O)c2c(Br)cccc21. The van der Waals surface area contributed by atoms with Crippen LogP contribution in [0.1, 0.15) is 23.7 Å². The Labute approximate surface area is 119 Å². The van der Waals surface area contributed by atoms with Gasteiger partial charge in [0, 0.05) is 24.0 Å². The molecule has 0 fully saturated rings. The van der Waals surface area contributed by atoms with Gasteiger partial charge in [0.05, 0.1) is 11.3 Å². The first-order chi connectivity index (χ1) is 9.06. The lowest BCUT2D eigenvalue weighted by Crippen LogP contribution is -2.34. The summed E-state index contributed by atoms with van der Waals surface area (Å²) >= 11 is 3.27. The van der Waals surface area contributed by atoms with Crippen LogP contribution in [0.4, 0.5) is 5.69 Å². The Hall–Kier alpha value is -1.69. The number of anilines is 1. The molecule has 1 aromatic carbocycles. The van der Waals surface area contributed by atoms with E-state index in [1.165, 1.54) is 4.90 Å². The second-order valence-corrected chi connectivity index (χ2v) is 4.98. The maximum Gasteiger partial charge on any atom is 0.299 e. The van der Waals surface area contributed by atoms with E-state index in [9.17, 15) is 14.4 Å². The average molecular weight is 325 g/mol. The molecule has 1 aliphatic rings. The first-order valence-electron chi connectivity index (χ1n) is 5.97. The molecule has 1 aliphatic heterocycles. The molecular formula is C13H13BrN2O3. The van der Waals surface area contributed by atoms with Gasteiger partial charge >= 0.3 is 0 Å². The first-order valence-corrected chi connectivity index (χ1v) is 6.77. The fraction of sp³-hybridized carbons (Fsp3) is 0.308. The molecule has 0 atom stereocenters. The number of Topliss-reactive ketones (excluding diaryl/α,β-unsaturated/α-hetero) is 1. The minimum atomic E-state index is -0.578. The van der Waals surface area contributed by atoms with Gasteiger partial charge in [0.25, 0.3) is 11.7 Å². The fourth-order valence-electron chi connectivity index (χ4n) is 2.02. The highest BCUT2D eigenvalue weighted by Gasteiger charge is 2.37. The van der Waals surface area contributed by atoms with E-state index in [2.05, 4.69) is 21.2 Å². The summed E-state index contributed by atoms with van der Waals surface area (Å²) in [5.41, 5.74) is 0.942. The molecule has 0 unspecified atom stereocenters. The number of carbonyl (C=O) groups excluding carboxylic acids is 3. The molecule has 1 heterocycles. The molecule has 0 saturated carbocycles. The van der Waals surface area contributed by atoms with Gasteiger partial charge in [-0.05, 0) is 35.0 Å². The largest absolute Gasteiger partial charge is 0.356 e. The average Bonchev–Trinajstić information content (AvgIpc) is 2.61. The number of fused-ring (bicyclic) bond motifs is 1. The lowest BCUT2D eigenvalue weighted by atomic mass is 10.1. The van der Waals surface area contributed by atoms with Crippen molar-refractivity contribution < 1.29 is 14.4 Å². The van der Waals surface area contributed by atoms with E-state index in [4.69, 9.17) is 0 Å². The summed E-state index contributed by atoms with van der Waals surface area (Å²) in [6.07, 6.45) is 0.179. The zero-order valence-corrected chi connectivity index (χ0v) is 12.0. The van der Waals surface area contributed by atoms with E-state index in [1.807, 2.05) is 6.92 Å². The van der Waals surface area contributed by atoms with Crippen molar-refractivity contribution in [1.29, 1.82) is 0 Å². The van der Waals surface area contributed by atoms with Crippen LogP contribution < -0.4 is 10.2 Å². The summed E-state index contributed by atoms with van der Waals surface area (Å²) in [5.74, 6) is -1.24. The van der Waals surface area contributed by atoms with Crippen molar-refractivity contribution in [2.24, 2.45) is 0 Å². The number of ketones is 1. The van der Waals surface area contributed by atoms with Crippen LogP contribution in [0.3, 0.4) is 0 Å². The Morgan fingerprint density at radius 1 is 1.37 bits per heavy atom. The molecular weight excluding hydrogens is 312 g/mol. The number of hydrogen-bond donors (Lipinski definition) is 1. The molecule has 2 amide bonds. The van der Waals surface area contributed by atoms with Gasteiger partial charge in [-0.15, -0.1) is 0 Å². The van der Waals surface area contributed by atoms with E-state index in [0.717, 1.165) is 0 Å². The van der Waals surface area contributed by atoms with E-state index in [-0.39, 0.29) is 18.9 Å². The zero-order chi connectivity index (χ0) is 14.0. The molecule has 5 nitrogen and oxygen atoms in total. The maximum atomic E-state index is 11.9. The number of rotatable bonds is 4. The van der Waals surface area contributed by atoms with Crippen molar-refractivity contribution >= 4 is 39.2 Å². The monoisotopic (exact) mass is 324 g/mol. The highest BCUT2D eigenvalue weighted by Crippen LogP contribution is 2.34. The predicted molar refractivity (Wildman–Crippen MR) is 74.1 cm³/mol. The van der Waals surface area contributed by atoms with Crippen LogP contribution in [0.15, 0.2) is 22.7 Å². The first kappa shape index (κ1) is 13.7. The number of carbonyl (C=O) groups is 3. The van der Waals surface area contributed by atoms with E-state index in [1.54, 1.807) is 18.2 Å². The highest BCUT2D eigenvalue weighted by atomic mass is 79.9. The van der Waals surface area contributed by atoms with Gasteiger partial charge in [-0.1, -0.05) is 6.07 Å². The lowest BCUT2D eigenvalue weighted by molar-refractivity contribution is -0.120. The molecule has 0 bridgehead atoms. The van der Waals surface area contributed by atoms with Crippen molar-refractivity contribution in [3.05, 3.63) is 28.2 Å². The Kier molecular flexibility index (Phi) is 3.99. The molecule has 0 saturated heterocycles. The molecule has 2 rings (SSSR count). The minimum Gasteiger partial charge on any atom is -0.356 e. The molecule has 0 spiro atoms. The van der Waals surface area contributed by atoms with Crippen LogP contribution in [-0.4, -0.2) is 30.7 Å². The minimum absolute atomic E-state index is 0.133. The summed E-state index contributed by atoms with van der Waals surface area (Å²) in [4.78, 5) is 36.6. The molecule has 1 N–H and O–H groups in total. The van der Waals surface area contributed by atoms with Gasteiger partial charge in [-0.3, -0.25) is 14.4 Å². The Morgan fingerprint density at radius 2 is 2.11 bits per heavy atom. The maximum absolute atomic E-state index is 11.9. The fourth-order valence-corrected chi connectivity index (χ4v) is 2.56. The molecule has 0 aromatic heterocycles. The van der Waals surface area contributed by atoms with Gasteiger partial charge in [0.15, 0.2) is 0 Å². The number of nitrogens with one attached hydrogen (secondary N) is 1. The van der Waals surface area contributed by atoms with Crippen LogP contribution in [0.5, 0.6) is 0 Å². The van der Waals surface area contributed by atoms with Crippen molar-refractivity contribution in [3.63, 3.8) is 0 Å². The second-order valence-electron chi connectivity index (χ2n) is 4.12. The van der Waals surface area contributed by atoms with Gasteiger partial charge in [-0.2, -0.15) is 0 Å². The third kappa shape index (κ3) is 2.53. The smallest absolute Gasteiger partial charge is 0.299 e. The molecule has 19 heavy (non-hydrogen) atoms. The quantitative estimate of drug-likeness (QED) is 0.853. The second kappa shape index (κ2) is 5.52. The third-order valence-corrected chi connectivity index (χ3v) is 3.55. The topological polar surface area (TPSA) is 66.5 Å². The van der Waals surface area contributed by atoms with Crippen LogP contribution >= 0.6 is 15.9 Å². The van der Waals surface area contributed by atoms with Gasteiger partial charge in [0.1, 0.15) is 0 Å². The lowest BCUT2D eigenvalue weighted by Gasteiger charge is -2.16. The molecule has 1 aromatic rings. The zero-order valence-electron chi connectivity index (χ0n) is 10.4. The summed E-state index contributed by atoms with van der Waals surface area (Å²) < 4.78 is 0.601. The number of hydrogen-bond acceptors (Lipinski definition) is 3. The Balaban J connectivity index is 2.20. The summed E-state index contributed by atoms with van der Waals surface area (Å²) in [7, 11) is 0. The predicted octanol–water partition coefficient (Wildman–Crippen LogP) is 1.50. The molecule has 0 aliphatic carbocycles. The third-order valence-electron chi connectivity index (χ3n) is 2.89. The van der Waals surface area contributed by atoms with Crippen molar-refractivity contribution in [2.45, 2.75) is 13.3 Å². The normalized spacial score (nSPS) is 13.7. The number of nitrogens with zero attached hydrogens (tertiary/aromatic N) is 1. The molecule has 0 radical (unpaired) electrons. The van der Waals surface area contributed by atoms with Gasteiger partial charge < -0.3 is 10.2 Å². The van der Waals surface area contributed by atoms with Gasteiger partial charge in [-0.25, -0.2) is 0 Å². The van der Waals surface area contributed by atoms with Crippen LogP contribution in [-0.2, 0) is 9.59 Å². The van der Waals surface area contributed by atoms with E-state index >= 15 is 0 Å². The number of benzene rings is 1. The molecule has 6 heteroatoms. The Morgan fingerprint density at radius 3 is 2.79 bits per heavy atom. The van der Waals surface area contributed by atoms with Crippen molar-refractivity contribution in [1.82, 2.24) is 5.32 Å². The van der Waals surface area contributed by atoms with Crippen LogP contribution in [0.2, 0.25) is 0 Å². The summed E-state index contributed by atoms with van der Waals surface area (Å²) in [6, 6.07) is 5.19. The van der Waals surface area contributed by atoms with E-state index < -0.39 is 11.7 Å². The Bertz CT molecular complexity index is 557. The van der Waals surface area contributed by atoms with Gasteiger partial charge in [0.2, 0.25) is 5.91 Å². The van der Waals surface area contributed by atoms with Crippen LogP contribution in [0, 0.1) is 0 Å². The summed E-state index contributed by atoms with van der Waals surface area (Å²) in [6.45, 7) is 2.59. The standard InChI is InChI=1S/C13H13BrN2O3/c1-2-15-10(17)6-7-16-9-5-3-4-8(14)11(9)12(18)13(16)19/h3-5H,2,6-7H2,1H3,(H,15,17). The number of halogens is 1. The van der Waals surface area contributed by atoms with E-state index in [0.29, 0.717) is 22.3 Å². The molecule has 100 valence electrons. The van der Waals surface area contributed by atoms with Crippen LogP contribution in [0.25, 0.3) is 0 Å². The summed E-state index contributed by atoms with van der Waals surface area (Å²) in [5, 5.41) is 2.66. The number of amides is 2. The van der Waals surface area contributed by atoms with Crippen molar-refractivity contribution in [3.8, 4) is 0 Å². The highest BCUT2D eigenvalue weighted by molar-refractivity contribution is 9.10.